The summed E-state index contributed by atoms with van der Waals surface area (Å²) in [5, 5.41) is 11.4. The molecule has 1 rings (SSSR count). The van der Waals surface area contributed by atoms with Gasteiger partial charge in [-0.1, -0.05) is 18.2 Å². The Bertz CT molecular complexity index is 482. The van der Waals surface area contributed by atoms with Crippen LogP contribution in [0.3, 0.4) is 0 Å². The Morgan fingerprint density at radius 3 is 2.63 bits per heavy atom. The van der Waals surface area contributed by atoms with E-state index in [2.05, 4.69) is 16.9 Å². The summed E-state index contributed by atoms with van der Waals surface area (Å²) < 4.78 is 0. The van der Waals surface area contributed by atoms with Crippen molar-refractivity contribution >= 4 is 12.0 Å². The zero-order valence-electron chi connectivity index (χ0n) is 11.0. The number of urea groups is 1. The van der Waals surface area contributed by atoms with Crippen LogP contribution in [-0.2, 0) is 6.54 Å². The van der Waals surface area contributed by atoms with Crippen LogP contribution in [0.2, 0.25) is 0 Å². The van der Waals surface area contributed by atoms with Crippen LogP contribution in [0.1, 0.15) is 23.0 Å². The number of aromatic carboxylic acids is 1. The van der Waals surface area contributed by atoms with E-state index in [4.69, 9.17) is 5.11 Å². The summed E-state index contributed by atoms with van der Waals surface area (Å²) in [6, 6.07) is 2.81. The fourth-order valence-corrected chi connectivity index (χ4v) is 1.44. The van der Waals surface area contributed by atoms with Crippen molar-refractivity contribution in [3.05, 3.63) is 41.7 Å². The lowest BCUT2D eigenvalue weighted by molar-refractivity contribution is 0.0690. The molecule has 0 saturated heterocycles. The summed E-state index contributed by atoms with van der Waals surface area (Å²) in [5.74, 6) is -1.07. The molecule has 0 radical (unpaired) electrons. The van der Waals surface area contributed by atoms with Gasteiger partial charge in [-0.2, -0.15) is 0 Å². The van der Waals surface area contributed by atoms with Gasteiger partial charge in [0.1, 0.15) is 5.69 Å². The van der Waals surface area contributed by atoms with Crippen LogP contribution in [0.4, 0.5) is 4.79 Å². The normalized spacial score (nSPS) is 9.79. The average molecular weight is 263 g/mol. The molecule has 0 unspecified atom stereocenters. The zero-order valence-corrected chi connectivity index (χ0v) is 11.0. The molecule has 0 spiro atoms. The van der Waals surface area contributed by atoms with Crippen molar-refractivity contribution in [1.29, 1.82) is 0 Å². The van der Waals surface area contributed by atoms with Crippen LogP contribution in [0.25, 0.3) is 0 Å². The molecule has 0 atom stereocenters. The minimum Gasteiger partial charge on any atom is -0.477 e. The topological polar surface area (TPSA) is 82.5 Å². The van der Waals surface area contributed by atoms with Crippen LogP contribution in [-0.4, -0.2) is 40.6 Å². The number of aromatic nitrogens is 1. The van der Waals surface area contributed by atoms with E-state index < -0.39 is 5.97 Å². The summed E-state index contributed by atoms with van der Waals surface area (Å²) in [4.78, 5) is 27.6. The molecule has 0 aliphatic heterocycles. The number of carboxylic acid groups (broad SMARTS) is 1. The summed E-state index contributed by atoms with van der Waals surface area (Å²) in [6.07, 6.45) is 1.43. The van der Waals surface area contributed by atoms with Gasteiger partial charge in [0.25, 0.3) is 0 Å². The van der Waals surface area contributed by atoms with Gasteiger partial charge in [0, 0.05) is 26.3 Å². The van der Waals surface area contributed by atoms with Crippen LogP contribution in [0.5, 0.6) is 0 Å². The quantitative estimate of drug-likeness (QED) is 0.789. The molecule has 1 aromatic heterocycles. The molecule has 2 amide bonds. The number of carbonyl (C=O) groups excluding carboxylic acids is 1. The number of carboxylic acids is 1. The fraction of sp³-hybridized carbons (Fsp3) is 0.308. The van der Waals surface area contributed by atoms with Gasteiger partial charge in [-0.3, -0.25) is 0 Å². The highest BCUT2D eigenvalue weighted by Gasteiger charge is 2.08. The number of amides is 2. The van der Waals surface area contributed by atoms with Gasteiger partial charge in [0.15, 0.2) is 0 Å². The van der Waals surface area contributed by atoms with Crippen LogP contribution in [0, 0.1) is 0 Å². The van der Waals surface area contributed by atoms with Crippen molar-refractivity contribution in [2.45, 2.75) is 13.5 Å². The van der Waals surface area contributed by atoms with Crippen molar-refractivity contribution < 1.29 is 14.7 Å². The van der Waals surface area contributed by atoms with E-state index in [1.54, 1.807) is 13.1 Å². The van der Waals surface area contributed by atoms with E-state index in [1.165, 1.54) is 17.2 Å². The molecule has 102 valence electrons. The third kappa shape index (κ3) is 4.79. The van der Waals surface area contributed by atoms with Crippen molar-refractivity contribution in [3.8, 4) is 0 Å². The molecular weight excluding hydrogens is 246 g/mol. The predicted octanol–water partition coefficient (Wildman–Crippen LogP) is 1.50. The predicted molar refractivity (Wildman–Crippen MR) is 70.9 cm³/mol. The van der Waals surface area contributed by atoms with Crippen molar-refractivity contribution in [2.24, 2.45) is 0 Å². The molecule has 0 bridgehead atoms. The van der Waals surface area contributed by atoms with Crippen molar-refractivity contribution in [3.63, 3.8) is 0 Å². The molecule has 6 nitrogen and oxygen atoms in total. The third-order valence-electron chi connectivity index (χ3n) is 2.34. The third-order valence-corrected chi connectivity index (χ3v) is 2.34. The van der Waals surface area contributed by atoms with E-state index in [1.807, 2.05) is 6.92 Å². The molecule has 0 fully saturated rings. The maximum atomic E-state index is 11.7. The van der Waals surface area contributed by atoms with Gasteiger partial charge in [0.2, 0.25) is 0 Å². The number of hydrogen-bond acceptors (Lipinski definition) is 3. The van der Waals surface area contributed by atoms with Crippen molar-refractivity contribution in [1.82, 2.24) is 15.2 Å². The molecule has 6 heteroatoms. The Morgan fingerprint density at radius 1 is 1.47 bits per heavy atom. The van der Waals surface area contributed by atoms with Crippen LogP contribution < -0.4 is 5.32 Å². The van der Waals surface area contributed by atoms with Gasteiger partial charge in [-0.05, 0) is 18.6 Å². The lowest BCUT2D eigenvalue weighted by Gasteiger charge is -2.17. The number of pyridine rings is 1. The average Bonchev–Trinajstić information content (AvgIpc) is 2.35. The van der Waals surface area contributed by atoms with Gasteiger partial charge >= 0.3 is 12.0 Å². The minimum absolute atomic E-state index is 0.0190. The van der Waals surface area contributed by atoms with Crippen LogP contribution >= 0.6 is 0 Å². The second-order valence-electron chi connectivity index (χ2n) is 4.33. The fourth-order valence-electron chi connectivity index (χ4n) is 1.44. The summed E-state index contributed by atoms with van der Waals surface area (Å²) in [7, 11) is 1.68. The van der Waals surface area contributed by atoms with E-state index in [0.29, 0.717) is 13.1 Å². The van der Waals surface area contributed by atoms with Crippen molar-refractivity contribution in [2.75, 3.05) is 13.6 Å². The Morgan fingerprint density at radius 2 is 2.16 bits per heavy atom. The Balaban J connectivity index is 2.50. The molecule has 1 aromatic rings. The summed E-state index contributed by atoms with van der Waals surface area (Å²) >= 11 is 0. The Hall–Kier alpha value is -2.37. The zero-order chi connectivity index (χ0) is 14.4. The molecule has 0 aliphatic carbocycles. The number of nitrogens with zero attached hydrogens (tertiary/aromatic N) is 2. The van der Waals surface area contributed by atoms with E-state index in [-0.39, 0.29) is 11.7 Å². The molecule has 0 saturated carbocycles. The van der Waals surface area contributed by atoms with E-state index >= 15 is 0 Å². The number of hydrogen-bond donors (Lipinski definition) is 2. The first-order valence-electron chi connectivity index (χ1n) is 5.71. The second-order valence-corrected chi connectivity index (χ2v) is 4.33. The first-order chi connectivity index (χ1) is 8.90. The van der Waals surface area contributed by atoms with Crippen LogP contribution in [0.15, 0.2) is 30.5 Å². The summed E-state index contributed by atoms with van der Waals surface area (Å²) in [5.41, 5.74) is 1.61. The number of likely N-dealkylation sites (N-methyl/N-ethyl adjacent to an activating group) is 1. The smallest absolute Gasteiger partial charge is 0.354 e. The first-order valence-corrected chi connectivity index (χ1v) is 5.71. The van der Waals surface area contributed by atoms with E-state index in [0.717, 1.165) is 11.1 Å². The maximum absolute atomic E-state index is 11.7. The molecule has 2 N–H and O–H groups in total. The molecule has 1 heterocycles. The SMILES string of the molecule is C=C(C)CN(C)C(=O)NCc1ccc(C(=O)O)nc1. The first kappa shape index (κ1) is 14.7. The van der Waals surface area contributed by atoms with Gasteiger partial charge in [-0.15, -0.1) is 0 Å². The highest BCUT2D eigenvalue weighted by Crippen LogP contribution is 2.01. The maximum Gasteiger partial charge on any atom is 0.354 e. The van der Waals surface area contributed by atoms with Gasteiger partial charge in [-0.25, -0.2) is 14.6 Å². The van der Waals surface area contributed by atoms with Gasteiger partial charge in [0.05, 0.1) is 0 Å². The van der Waals surface area contributed by atoms with E-state index in [9.17, 15) is 9.59 Å². The Labute approximate surface area is 111 Å². The Kier molecular flexibility index (Phi) is 5.05. The molecule has 0 aliphatic rings. The second kappa shape index (κ2) is 6.53. The summed E-state index contributed by atoms with van der Waals surface area (Å²) in [6.45, 7) is 6.37. The minimum atomic E-state index is -1.07. The highest BCUT2D eigenvalue weighted by molar-refractivity contribution is 5.85. The number of nitrogens with one attached hydrogen (secondary N) is 1. The number of carbonyl (C=O) groups is 2. The monoisotopic (exact) mass is 263 g/mol. The lowest BCUT2D eigenvalue weighted by Crippen LogP contribution is -2.37. The molecule has 19 heavy (non-hydrogen) atoms. The molecular formula is C13H17N3O3. The largest absolute Gasteiger partial charge is 0.477 e. The number of rotatable bonds is 5. The van der Waals surface area contributed by atoms with Gasteiger partial charge < -0.3 is 15.3 Å². The standard InChI is InChI=1S/C13H17N3O3/c1-9(2)8-16(3)13(19)15-7-10-4-5-11(12(17)18)14-6-10/h4-6H,1,7-8H2,2-3H3,(H,15,19)(H,17,18). The highest BCUT2D eigenvalue weighted by atomic mass is 16.4. The lowest BCUT2D eigenvalue weighted by atomic mass is 10.2. The molecule has 0 aromatic carbocycles.